The molecule has 0 aromatic carbocycles. The molecule has 0 fully saturated rings. The number of rotatable bonds is 6. The van der Waals surface area contributed by atoms with Gasteiger partial charge in [-0.05, 0) is 6.07 Å². The lowest BCUT2D eigenvalue weighted by atomic mass is 10.4. The summed E-state index contributed by atoms with van der Waals surface area (Å²) in [5, 5.41) is 20.1. The number of aliphatic hydroxyl groups excluding tert-OH is 2. The van der Waals surface area contributed by atoms with Crippen LogP contribution in [0.5, 0.6) is 0 Å². The van der Waals surface area contributed by atoms with Crippen LogP contribution < -0.4 is 10.0 Å². The van der Waals surface area contributed by atoms with Gasteiger partial charge in [-0.25, -0.2) is 13.1 Å². The number of aliphatic hydroxyl groups is 2. The van der Waals surface area contributed by atoms with Crippen LogP contribution in [0.4, 0.5) is 0 Å². The lowest BCUT2D eigenvalue weighted by molar-refractivity contribution is 0.0955. The molecule has 8 nitrogen and oxygen atoms in total. The van der Waals surface area contributed by atoms with Gasteiger partial charge in [0, 0.05) is 20.3 Å². The number of carbonyl (C=O) groups is 1. The van der Waals surface area contributed by atoms with Crippen molar-refractivity contribution in [1.82, 2.24) is 14.6 Å². The Bertz CT molecular complexity index is 548. The van der Waals surface area contributed by atoms with Gasteiger partial charge < -0.3 is 20.1 Å². The highest BCUT2D eigenvalue weighted by molar-refractivity contribution is 7.89. The third kappa shape index (κ3) is 3.53. The SMILES string of the molecule is CNC(=O)c1cc(S(=O)(=O)NC(CO)CO)cn1C. The van der Waals surface area contributed by atoms with Crippen LogP contribution in [0.25, 0.3) is 0 Å². The van der Waals surface area contributed by atoms with E-state index in [1.807, 2.05) is 0 Å². The average Bonchev–Trinajstić information content (AvgIpc) is 2.78. The molecule has 0 aliphatic heterocycles. The van der Waals surface area contributed by atoms with Crippen molar-refractivity contribution in [3.05, 3.63) is 18.0 Å². The van der Waals surface area contributed by atoms with Gasteiger partial charge in [0.1, 0.15) is 10.6 Å². The van der Waals surface area contributed by atoms with Crippen LogP contribution in [0, 0.1) is 0 Å². The maximum absolute atomic E-state index is 12.0. The summed E-state index contributed by atoms with van der Waals surface area (Å²) in [5.74, 6) is -0.412. The predicted octanol–water partition coefficient (Wildman–Crippen LogP) is -1.98. The fraction of sp³-hybridized carbons (Fsp3) is 0.500. The minimum absolute atomic E-state index is 0.111. The predicted molar refractivity (Wildman–Crippen MR) is 67.1 cm³/mol. The maximum atomic E-state index is 12.0. The fourth-order valence-electron chi connectivity index (χ4n) is 1.45. The Balaban J connectivity index is 3.06. The topological polar surface area (TPSA) is 121 Å². The zero-order valence-corrected chi connectivity index (χ0v) is 11.4. The Kier molecular flexibility index (Phi) is 5.06. The molecular formula is C10H17N3O5S. The Morgan fingerprint density at radius 3 is 2.47 bits per heavy atom. The van der Waals surface area contributed by atoms with E-state index in [2.05, 4.69) is 10.0 Å². The molecule has 9 heteroatoms. The van der Waals surface area contributed by atoms with Gasteiger partial charge in [0.15, 0.2) is 0 Å². The highest BCUT2D eigenvalue weighted by atomic mass is 32.2. The Morgan fingerprint density at radius 1 is 1.42 bits per heavy atom. The molecule has 108 valence electrons. The van der Waals surface area contributed by atoms with Crippen molar-refractivity contribution in [2.24, 2.45) is 7.05 Å². The number of aryl methyl sites for hydroxylation is 1. The van der Waals surface area contributed by atoms with Gasteiger partial charge in [-0.1, -0.05) is 0 Å². The minimum Gasteiger partial charge on any atom is -0.395 e. The van der Waals surface area contributed by atoms with Crippen LogP contribution in [0.2, 0.25) is 0 Å². The zero-order chi connectivity index (χ0) is 14.6. The molecule has 1 aromatic rings. The first kappa shape index (κ1) is 15.6. The third-order valence-corrected chi connectivity index (χ3v) is 4.00. The minimum atomic E-state index is -3.90. The largest absolute Gasteiger partial charge is 0.395 e. The van der Waals surface area contributed by atoms with Gasteiger partial charge in [-0.2, -0.15) is 0 Å². The molecule has 0 unspecified atom stereocenters. The lowest BCUT2D eigenvalue weighted by Crippen LogP contribution is -2.39. The zero-order valence-electron chi connectivity index (χ0n) is 10.6. The van der Waals surface area contributed by atoms with E-state index in [1.165, 1.54) is 23.9 Å². The Labute approximate surface area is 111 Å². The Hall–Kier alpha value is -1.42. The van der Waals surface area contributed by atoms with Crippen LogP contribution >= 0.6 is 0 Å². The summed E-state index contributed by atoms with van der Waals surface area (Å²) in [5.41, 5.74) is 0.187. The maximum Gasteiger partial charge on any atom is 0.267 e. The van der Waals surface area contributed by atoms with Gasteiger partial charge in [0.2, 0.25) is 10.0 Å². The van der Waals surface area contributed by atoms with E-state index < -0.39 is 35.2 Å². The van der Waals surface area contributed by atoms with Gasteiger partial charge >= 0.3 is 0 Å². The van der Waals surface area contributed by atoms with E-state index >= 15 is 0 Å². The van der Waals surface area contributed by atoms with Gasteiger partial charge in [-0.3, -0.25) is 4.79 Å². The van der Waals surface area contributed by atoms with Crippen LogP contribution in [0.3, 0.4) is 0 Å². The van der Waals surface area contributed by atoms with Gasteiger partial charge in [0.05, 0.1) is 19.3 Å². The van der Waals surface area contributed by atoms with Gasteiger partial charge in [-0.15, -0.1) is 0 Å². The molecule has 0 saturated heterocycles. The molecule has 0 aliphatic rings. The first-order chi connectivity index (χ1) is 8.85. The normalized spacial score (nSPS) is 11.8. The van der Waals surface area contributed by atoms with Crippen LogP contribution in [0.1, 0.15) is 10.5 Å². The van der Waals surface area contributed by atoms with E-state index in [4.69, 9.17) is 10.2 Å². The van der Waals surface area contributed by atoms with Crippen LogP contribution in [0.15, 0.2) is 17.2 Å². The molecule has 0 spiro atoms. The van der Waals surface area contributed by atoms with Crippen molar-refractivity contribution in [2.75, 3.05) is 20.3 Å². The molecule has 1 aromatic heterocycles. The average molecular weight is 291 g/mol. The monoisotopic (exact) mass is 291 g/mol. The van der Waals surface area contributed by atoms with Gasteiger partial charge in [0.25, 0.3) is 5.91 Å². The molecule has 0 radical (unpaired) electrons. The lowest BCUT2D eigenvalue weighted by Gasteiger charge is -2.12. The van der Waals surface area contributed by atoms with Crippen molar-refractivity contribution in [1.29, 1.82) is 0 Å². The highest BCUT2D eigenvalue weighted by Crippen LogP contribution is 2.13. The molecule has 4 N–H and O–H groups in total. The van der Waals surface area contributed by atoms with E-state index in [0.29, 0.717) is 0 Å². The highest BCUT2D eigenvalue weighted by Gasteiger charge is 2.22. The van der Waals surface area contributed by atoms with E-state index in [-0.39, 0.29) is 10.6 Å². The number of carbonyl (C=O) groups excluding carboxylic acids is 1. The summed E-state index contributed by atoms with van der Waals surface area (Å²) in [6, 6.07) is 0.237. The van der Waals surface area contributed by atoms with Crippen molar-refractivity contribution < 1.29 is 23.4 Å². The molecule has 0 bridgehead atoms. The summed E-state index contributed by atoms with van der Waals surface area (Å²) in [6.45, 7) is -1.05. The number of sulfonamides is 1. The summed E-state index contributed by atoms with van der Waals surface area (Å²) >= 11 is 0. The van der Waals surface area contributed by atoms with Crippen molar-refractivity contribution in [3.63, 3.8) is 0 Å². The molecule has 1 rings (SSSR count). The van der Waals surface area contributed by atoms with Crippen molar-refractivity contribution in [3.8, 4) is 0 Å². The summed E-state index contributed by atoms with van der Waals surface area (Å²) < 4.78 is 27.4. The molecular weight excluding hydrogens is 274 g/mol. The molecule has 0 aliphatic carbocycles. The quantitative estimate of drug-likeness (QED) is 0.484. The number of nitrogens with zero attached hydrogens (tertiary/aromatic N) is 1. The fourth-order valence-corrected chi connectivity index (χ4v) is 2.74. The third-order valence-electron chi connectivity index (χ3n) is 2.51. The number of hydrogen-bond acceptors (Lipinski definition) is 5. The molecule has 0 atom stereocenters. The summed E-state index contributed by atoms with van der Waals surface area (Å²) in [6.07, 6.45) is 1.28. The van der Waals surface area contributed by atoms with E-state index in [0.717, 1.165) is 0 Å². The van der Waals surface area contributed by atoms with Crippen LogP contribution in [-0.4, -0.2) is 55.4 Å². The standard InChI is InChI=1S/C10H17N3O5S/c1-11-10(16)9-3-8(4-13(9)2)19(17,18)12-7(5-14)6-15/h3-4,7,12,14-15H,5-6H2,1-2H3,(H,11,16). The van der Waals surface area contributed by atoms with Crippen LogP contribution in [-0.2, 0) is 17.1 Å². The Morgan fingerprint density at radius 2 is 2.00 bits per heavy atom. The van der Waals surface area contributed by atoms with E-state index in [1.54, 1.807) is 7.05 Å². The first-order valence-corrected chi connectivity index (χ1v) is 6.96. The number of amides is 1. The molecule has 1 amide bonds. The molecule has 0 saturated carbocycles. The number of aromatic nitrogens is 1. The number of nitrogens with one attached hydrogen (secondary N) is 2. The summed E-state index contributed by atoms with van der Waals surface area (Å²) in [4.78, 5) is 11.4. The first-order valence-electron chi connectivity index (χ1n) is 5.48. The number of hydrogen-bond donors (Lipinski definition) is 4. The molecule has 19 heavy (non-hydrogen) atoms. The second kappa shape index (κ2) is 6.15. The van der Waals surface area contributed by atoms with Crippen molar-refractivity contribution >= 4 is 15.9 Å². The molecule has 1 heterocycles. The second-order valence-corrected chi connectivity index (χ2v) is 5.65. The smallest absolute Gasteiger partial charge is 0.267 e. The second-order valence-electron chi connectivity index (χ2n) is 3.93. The van der Waals surface area contributed by atoms with E-state index in [9.17, 15) is 13.2 Å². The summed E-state index contributed by atoms with van der Waals surface area (Å²) in [7, 11) is -0.917. The van der Waals surface area contributed by atoms with Crippen molar-refractivity contribution in [2.45, 2.75) is 10.9 Å².